The number of H-pyrrole nitrogens is 1. The monoisotopic (exact) mass is 237 g/mol. The van der Waals surface area contributed by atoms with E-state index in [9.17, 15) is 9.59 Å². The Morgan fingerprint density at radius 3 is 2.75 bits per heavy atom. The zero-order chi connectivity index (χ0) is 11.7. The molecule has 6 heteroatoms. The Morgan fingerprint density at radius 1 is 1.44 bits per heavy atom. The van der Waals surface area contributed by atoms with E-state index in [4.69, 9.17) is 0 Å². The van der Waals surface area contributed by atoms with Crippen molar-refractivity contribution in [2.45, 2.75) is 20.4 Å². The number of aromatic nitrogens is 3. The lowest BCUT2D eigenvalue weighted by Gasteiger charge is -1.99. The van der Waals surface area contributed by atoms with Crippen molar-refractivity contribution in [2.75, 3.05) is 0 Å². The normalized spacial score (nSPS) is 10.6. The molecule has 84 valence electrons. The zero-order valence-electron chi connectivity index (χ0n) is 8.98. The number of aryl methyl sites for hydroxylation is 2. The molecule has 0 aliphatic carbocycles. The molecule has 16 heavy (non-hydrogen) atoms. The van der Waals surface area contributed by atoms with Crippen LogP contribution >= 0.6 is 11.3 Å². The van der Waals surface area contributed by atoms with Gasteiger partial charge in [0.05, 0.1) is 12.2 Å². The van der Waals surface area contributed by atoms with E-state index in [0.717, 1.165) is 20.1 Å². The SMILES string of the molecule is Cc1nc(Cn2c(=O)cc[nH]c2=O)sc1C. The molecule has 0 aliphatic rings. The van der Waals surface area contributed by atoms with Gasteiger partial charge in [-0.2, -0.15) is 0 Å². The van der Waals surface area contributed by atoms with E-state index in [0.29, 0.717) is 0 Å². The van der Waals surface area contributed by atoms with Gasteiger partial charge in [-0.1, -0.05) is 0 Å². The first-order chi connectivity index (χ1) is 7.58. The molecule has 0 aromatic carbocycles. The Bertz CT molecular complexity index is 576. The minimum atomic E-state index is -0.405. The lowest BCUT2D eigenvalue weighted by Crippen LogP contribution is -2.34. The predicted molar refractivity (Wildman–Crippen MR) is 62.0 cm³/mol. The quantitative estimate of drug-likeness (QED) is 0.834. The molecule has 0 fully saturated rings. The summed E-state index contributed by atoms with van der Waals surface area (Å²) in [7, 11) is 0. The van der Waals surface area contributed by atoms with E-state index in [-0.39, 0.29) is 12.1 Å². The van der Waals surface area contributed by atoms with E-state index in [1.54, 1.807) is 0 Å². The second kappa shape index (κ2) is 4.05. The molecule has 2 heterocycles. The first-order valence-electron chi connectivity index (χ1n) is 4.79. The van der Waals surface area contributed by atoms with Crippen LogP contribution in [0.15, 0.2) is 21.9 Å². The van der Waals surface area contributed by atoms with Gasteiger partial charge in [0.1, 0.15) is 5.01 Å². The van der Waals surface area contributed by atoms with Crippen LogP contribution in [-0.2, 0) is 6.54 Å². The minimum absolute atomic E-state index is 0.231. The van der Waals surface area contributed by atoms with Gasteiger partial charge in [0, 0.05) is 17.1 Å². The van der Waals surface area contributed by atoms with E-state index in [1.165, 1.54) is 23.6 Å². The van der Waals surface area contributed by atoms with Crippen LogP contribution in [0.25, 0.3) is 0 Å². The molecule has 0 spiro atoms. The number of aromatic amines is 1. The van der Waals surface area contributed by atoms with Crippen LogP contribution in [0.2, 0.25) is 0 Å². The van der Waals surface area contributed by atoms with Gasteiger partial charge in [-0.3, -0.25) is 9.36 Å². The van der Waals surface area contributed by atoms with Crippen LogP contribution in [0.4, 0.5) is 0 Å². The van der Waals surface area contributed by atoms with Gasteiger partial charge < -0.3 is 4.98 Å². The number of hydrogen-bond acceptors (Lipinski definition) is 4. The van der Waals surface area contributed by atoms with E-state index >= 15 is 0 Å². The van der Waals surface area contributed by atoms with Gasteiger partial charge in [0.2, 0.25) is 0 Å². The molecule has 0 amide bonds. The lowest BCUT2D eigenvalue weighted by molar-refractivity contribution is 0.694. The first kappa shape index (κ1) is 10.8. The Hall–Kier alpha value is -1.69. The largest absolute Gasteiger partial charge is 0.328 e. The molecule has 0 atom stereocenters. The smallest absolute Gasteiger partial charge is 0.314 e. The van der Waals surface area contributed by atoms with Crippen LogP contribution < -0.4 is 11.2 Å². The maximum Gasteiger partial charge on any atom is 0.328 e. The van der Waals surface area contributed by atoms with Gasteiger partial charge in [-0.15, -0.1) is 11.3 Å². The Balaban J connectivity index is 2.41. The molecule has 2 rings (SSSR count). The maximum absolute atomic E-state index is 11.5. The molecule has 0 saturated carbocycles. The van der Waals surface area contributed by atoms with E-state index in [2.05, 4.69) is 9.97 Å². The van der Waals surface area contributed by atoms with Gasteiger partial charge in [0.25, 0.3) is 5.56 Å². The van der Waals surface area contributed by atoms with Gasteiger partial charge in [-0.25, -0.2) is 9.78 Å². The third-order valence-electron chi connectivity index (χ3n) is 2.31. The maximum atomic E-state index is 11.5. The molecule has 2 aromatic rings. The van der Waals surface area contributed by atoms with Crippen molar-refractivity contribution in [3.05, 3.63) is 48.7 Å². The fraction of sp³-hybridized carbons (Fsp3) is 0.300. The van der Waals surface area contributed by atoms with Crippen molar-refractivity contribution in [1.82, 2.24) is 14.5 Å². The van der Waals surface area contributed by atoms with Crippen molar-refractivity contribution in [3.63, 3.8) is 0 Å². The summed E-state index contributed by atoms with van der Waals surface area (Å²) in [6.07, 6.45) is 1.35. The Morgan fingerprint density at radius 2 is 2.19 bits per heavy atom. The molecule has 0 bridgehead atoms. The molecule has 0 unspecified atom stereocenters. The lowest BCUT2D eigenvalue weighted by atomic mass is 10.4. The molecular weight excluding hydrogens is 226 g/mol. The molecular formula is C10H11N3O2S. The summed E-state index contributed by atoms with van der Waals surface area (Å²) >= 11 is 1.50. The predicted octanol–water partition coefficient (Wildman–Crippen LogP) is 0.658. The molecule has 2 aromatic heterocycles. The van der Waals surface area contributed by atoms with Crippen molar-refractivity contribution >= 4 is 11.3 Å². The summed E-state index contributed by atoms with van der Waals surface area (Å²) in [5, 5.41) is 0.772. The number of nitrogens with one attached hydrogen (secondary N) is 1. The van der Waals surface area contributed by atoms with Crippen molar-refractivity contribution in [1.29, 1.82) is 0 Å². The van der Waals surface area contributed by atoms with Gasteiger partial charge in [0.15, 0.2) is 0 Å². The number of thiazole rings is 1. The zero-order valence-corrected chi connectivity index (χ0v) is 9.80. The van der Waals surface area contributed by atoms with Crippen LogP contribution in [0.1, 0.15) is 15.6 Å². The topological polar surface area (TPSA) is 67.8 Å². The van der Waals surface area contributed by atoms with Crippen LogP contribution in [0.5, 0.6) is 0 Å². The standard InChI is InChI=1S/C10H11N3O2S/c1-6-7(2)16-8(12-6)5-13-9(14)3-4-11-10(13)15/h3-4H,5H2,1-2H3,(H,11,15). The average Bonchev–Trinajstić information content (AvgIpc) is 2.53. The van der Waals surface area contributed by atoms with Crippen molar-refractivity contribution in [3.8, 4) is 0 Å². The van der Waals surface area contributed by atoms with Crippen LogP contribution in [0.3, 0.4) is 0 Å². The third-order valence-corrected chi connectivity index (χ3v) is 3.37. The average molecular weight is 237 g/mol. The molecule has 0 radical (unpaired) electrons. The summed E-state index contributed by atoms with van der Waals surface area (Å²) in [5.74, 6) is 0. The number of nitrogens with zero attached hydrogens (tertiary/aromatic N) is 2. The molecule has 5 nitrogen and oxygen atoms in total. The summed E-state index contributed by atoms with van der Waals surface area (Å²) in [5.41, 5.74) is 0.229. The Labute approximate surface area is 95.4 Å². The highest BCUT2D eigenvalue weighted by atomic mass is 32.1. The summed E-state index contributed by atoms with van der Waals surface area (Å²) < 4.78 is 1.14. The third kappa shape index (κ3) is 1.96. The fourth-order valence-corrected chi connectivity index (χ4v) is 2.27. The molecule has 0 aliphatic heterocycles. The fourth-order valence-electron chi connectivity index (χ4n) is 1.34. The molecule has 1 N–H and O–H groups in total. The highest BCUT2D eigenvalue weighted by Crippen LogP contribution is 2.16. The number of rotatable bonds is 2. The highest BCUT2D eigenvalue weighted by Gasteiger charge is 2.07. The van der Waals surface area contributed by atoms with Crippen LogP contribution in [0, 0.1) is 13.8 Å². The molecule has 0 saturated heterocycles. The van der Waals surface area contributed by atoms with Gasteiger partial charge >= 0.3 is 5.69 Å². The van der Waals surface area contributed by atoms with E-state index in [1.807, 2.05) is 13.8 Å². The van der Waals surface area contributed by atoms with Gasteiger partial charge in [-0.05, 0) is 13.8 Å². The van der Waals surface area contributed by atoms with Crippen LogP contribution in [-0.4, -0.2) is 14.5 Å². The second-order valence-electron chi connectivity index (χ2n) is 3.46. The minimum Gasteiger partial charge on any atom is -0.314 e. The number of hydrogen-bond donors (Lipinski definition) is 1. The van der Waals surface area contributed by atoms with Crippen molar-refractivity contribution < 1.29 is 0 Å². The van der Waals surface area contributed by atoms with Crippen molar-refractivity contribution in [2.24, 2.45) is 0 Å². The second-order valence-corrected chi connectivity index (χ2v) is 4.74. The highest BCUT2D eigenvalue weighted by molar-refractivity contribution is 7.11. The summed E-state index contributed by atoms with van der Waals surface area (Å²) in [6.45, 7) is 4.11. The summed E-state index contributed by atoms with van der Waals surface area (Å²) in [6, 6.07) is 1.33. The van der Waals surface area contributed by atoms with E-state index < -0.39 is 5.69 Å². The summed E-state index contributed by atoms with van der Waals surface area (Å²) in [4.78, 5) is 30.7. The Kier molecular flexibility index (Phi) is 2.74. The first-order valence-corrected chi connectivity index (χ1v) is 5.61.